The number of aromatic hydroxyl groups is 1. The van der Waals surface area contributed by atoms with E-state index in [-0.39, 0.29) is 22.6 Å². The molecule has 0 radical (unpaired) electrons. The average molecular weight is 374 g/mol. The Morgan fingerprint density at radius 3 is 2.50 bits per heavy atom. The highest BCUT2D eigenvalue weighted by Crippen LogP contribution is 2.29. The van der Waals surface area contributed by atoms with E-state index >= 15 is 0 Å². The Hall–Kier alpha value is -3.47. The van der Waals surface area contributed by atoms with Crippen molar-refractivity contribution in [3.63, 3.8) is 0 Å². The zero-order valence-electron chi connectivity index (χ0n) is 15.3. The molecule has 1 atom stereocenters. The molecule has 0 spiro atoms. The average Bonchev–Trinajstić information content (AvgIpc) is 2.71. The molecule has 0 aliphatic rings. The normalized spacial score (nSPS) is 12.2. The summed E-state index contributed by atoms with van der Waals surface area (Å²) in [5, 5.41) is 10.6. The van der Waals surface area contributed by atoms with Crippen LogP contribution in [0.2, 0.25) is 0 Å². The molecular weight excluding hydrogens is 355 g/mol. The van der Waals surface area contributed by atoms with Crippen molar-refractivity contribution in [1.29, 1.82) is 0 Å². The van der Waals surface area contributed by atoms with Crippen LogP contribution in [0, 0.1) is 5.82 Å². The molecule has 0 aliphatic carbocycles. The summed E-state index contributed by atoms with van der Waals surface area (Å²) < 4.78 is 15.3. The maximum absolute atomic E-state index is 13.7. The van der Waals surface area contributed by atoms with Gasteiger partial charge in [-0.2, -0.15) is 0 Å². The van der Waals surface area contributed by atoms with Crippen LogP contribution in [0.5, 0.6) is 5.75 Å². The molecule has 1 heterocycles. The summed E-state index contributed by atoms with van der Waals surface area (Å²) in [5.41, 5.74) is 1.61. The van der Waals surface area contributed by atoms with Crippen molar-refractivity contribution in [2.45, 2.75) is 19.4 Å². The molecule has 1 N–H and O–H groups in total. The van der Waals surface area contributed by atoms with Crippen LogP contribution in [0.1, 0.15) is 18.4 Å². The number of hydrogen-bond donors (Lipinski definition) is 1. The number of fused-ring (bicyclic) bond motifs is 1. The molecule has 0 amide bonds. The maximum atomic E-state index is 13.7. The summed E-state index contributed by atoms with van der Waals surface area (Å²) in [4.78, 5) is 17.8. The minimum absolute atomic E-state index is 0.0244. The van der Waals surface area contributed by atoms with E-state index < -0.39 is 5.82 Å². The number of halogens is 1. The molecule has 28 heavy (non-hydrogen) atoms. The van der Waals surface area contributed by atoms with E-state index in [4.69, 9.17) is 0 Å². The number of rotatable bonds is 4. The molecule has 4 aromatic rings. The second-order valence-electron chi connectivity index (χ2n) is 6.84. The number of nitrogens with zero attached hydrogens (tertiary/aromatic N) is 2. The van der Waals surface area contributed by atoms with Gasteiger partial charge in [0.1, 0.15) is 17.4 Å². The zero-order valence-corrected chi connectivity index (χ0v) is 15.3. The fourth-order valence-electron chi connectivity index (χ4n) is 3.39. The Labute approximate surface area is 161 Å². The number of para-hydroxylation sites is 1. The van der Waals surface area contributed by atoms with Gasteiger partial charge in [0, 0.05) is 6.54 Å². The smallest absolute Gasteiger partial charge is 0.261 e. The van der Waals surface area contributed by atoms with E-state index in [9.17, 15) is 14.3 Å². The third-order valence-electron chi connectivity index (χ3n) is 4.89. The first-order valence-corrected chi connectivity index (χ1v) is 9.08. The van der Waals surface area contributed by atoms with Gasteiger partial charge in [0.2, 0.25) is 0 Å². The fourth-order valence-corrected chi connectivity index (χ4v) is 3.39. The van der Waals surface area contributed by atoms with Crippen molar-refractivity contribution in [3.8, 4) is 17.1 Å². The second kappa shape index (κ2) is 7.27. The summed E-state index contributed by atoms with van der Waals surface area (Å²) >= 11 is 0. The van der Waals surface area contributed by atoms with Gasteiger partial charge in [-0.3, -0.25) is 9.36 Å². The highest BCUT2D eigenvalue weighted by Gasteiger charge is 2.18. The van der Waals surface area contributed by atoms with Gasteiger partial charge in [-0.1, -0.05) is 49.4 Å². The largest absolute Gasteiger partial charge is 0.507 e. The van der Waals surface area contributed by atoms with Crippen LogP contribution in [0.3, 0.4) is 0 Å². The van der Waals surface area contributed by atoms with Gasteiger partial charge in [0.25, 0.3) is 5.56 Å². The van der Waals surface area contributed by atoms with Gasteiger partial charge in [-0.15, -0.1) is 0 Å². The lowest BCUT2D eigenvalue weighted by Crippen LogP contribution is -2.26. The predicted octanol–water partition coefficient (Wildman–Crippen LogP) is 4.71. The molecule has 4 rings (SSSR count). The SMILES string of the molecule is CC(Cn1c(-c2ccccc2O)nc2ccc(F)cc2c1=O)c1ccccc1. The van der Waals surface area contributed by atoms with E-state index in [1.165, 1.54) is 22.8 Å². The van der Waals surface area contributed by atoms with Crippen LogP contribution in [-0.4, -0.2) is 14.7 Å². The number of benzene rings is 3. The van der Waals surface area contributed by atoms with Crippen molar-refractivity contribution in [2.75, 3.05) is 0 Å². The number of phenolic OH excluding ortho intramolecular Hbond substituents is 1. The van der Waals surface area contributed by atoms with Crippen LogP contribution in [-0.2, 0) is 6.54 Å². The van der Waals surface area contributed by atoms with Crippen molar-refractivity contribution < 1.29 is 9.50 Å². The van der Waals surface area contributed by atoms with Gasteiger partial charge < -0.3 is 5.11 Å². The van der Waals surface area contributed by atoms with E-state index in [0.29, 0.717) is 23.4 Å². The summed E-state index contributed by atoms with van der Waals surface area (Å²) in [7, 11) is 0. The third-order valence-corrected chi connectivity index (χ3v) is 4.89. The van der Waals surface area contributed by atoms with E-state index in [1.54, 1.807) is 24.3 Å². The minimum atomic E-state index is -0.482. The summed E-state index contributed by atoms with van der Waals surface area (Å²) in [5.74, 6) is -0.0531. The topological polar surface area (TPSA) is 55.1 Å². The lowest BCUT2D eigenvalue weighted by atomic mass is 10.0. The van der Waals surface area contributed by atoms with E-state index in [0.717, 1.165) is 5.56 Å². The fraction of sp³-hybridized carbons (Fsp3) is 0.130. The molecule has 3 aromatic carbocycles. The van der Waals surface area contributed by atoms with Gasteiger partial charge >= 0.3 is 0 Å². The first kappa shape index (κ1) is 17.9. The van der Waals surface area contributed by atoms with Crippen molar-refractivity contribution in [2.24, 2.45) is 0 Å². The van der Waals surface area contributed by atoms with Gasteiger partial charge in [0.15, 0.2) is 0 Å². The molecule has 0 bridgehead atoms. The predicted molar refractivity (Wildman–Crippen MR) is 108 cm³/mol. The van der Waals surface area contributed by atoms with Gasteiger partial charge in [0.05, 0.1) is 16.5 Å². The van der Waals surface area contributed by atoms with Crippen molar-refractivity contribution in [1.82, 2.24) is 9.55 Å². The number of hydrogen-bond acceptors (Lipinski definition) is 3. The van der Waals surface area contributed by atoms with E-state index in [1.807, 2.05) is 37.3 Å². The molecule has 0 saturated carbocycles. The van der Waals surface area contributed by atoms with Crippen molar-refractivity contribution in [3.05, 3.63) is 94.5 Å². The molecule has 4 nitrogen and oxygen atoms in total. The Bertz CT molecular complexity index is 1200. The van der Waals surface area contributed by atoms with Crippen molar-refractivity contribution >= 4 is 10.9 Å². The Kier molecular flexibility index (Phi) is 4.65. The highest BCUT2D eigenvalue weighted by atomic mass is 19.1. The lowest BCUT2D eigenvalue weighted by molar-refractivity contribution is 0.475. The zero-order chi connectivity index (χ0) is 19.7. The molecule has 140 valence electrons. The highest BCUT2D eigenvalue weighted by molar-refractivity contribution is 5.80. The standard InChI is InChI=1S/C23H19FN2O2/c1-15(16-7-3-2-4-8-16)14-26-22(18-9-5-6-10-21(18)27)25-20-12-11-17(24)13-19(20)23(26)28/h2-13,15,27H,14H2,1H3. The van der Waals surface area contributed by atoms with Crippen LogP contribution >= 0.6 is 0 Å². The number of aromatic nitrogens is 2. The van der Waals surface area contributed by atoms with Crippen LogP contribution < -0.4 is 5.56 Å². The van der Waals surface area contributed by atoms with E-state index in [2.05, 4.69) is 4.98 Å². The molecule has 1 aromatic heterocycles. The van der Waals surface area contributed by atoms with Gasteiger partial charge in [-0.25, -0.2) is 9.37 Å². The second-order valence-corrected chi connectivity index (χ2v) is 6.84. The molecule has 0 saturated heterocycles. The van der Waals surface area contributed by atoms with Crippen LogP contribution in [0.4, 0.5) is 4.39 Å². The summed E-state index contributed by atoms with van der Waals surface area (Å²) in [6, 6.07) is 20.6. The molecule has 0 fully saturated rings. The molecular formula is C23H19FN2O2. The van der Waals surface area contributed by atoms with Crippen LogP contribution in [0.25, 0.3) is 22.3 Å². The lowest BCUT2D eigenvalue weighted by Gasteiger charge is -2.18. The third kappa shape index (κ3) is 3.27. The van der Waals surface area contributed by atoms with Crippen LogP contribution in [0.15, 0.2) is 77.6 Å². The summed E-state index contributed by atoms with van der Waals surface area (Å²) in [6.45, 7) is 2.37. The summed E-state index contributed by atoms with van der Waals surface area (Å²) in [6.07, 6.45) is 0. The Balaban J connectivity index is 1.94. The minimum Gasteiger partial charge on any atom is -0.507 e. The molecule has 5 heteroatoms. The Morgan fingerprint density at radius 2 is 1.75 bits per heavy atom. The number of phenols is 1. The monoisotopic (exact) mass is 374 g/mol. The quantitative estimate of drug-likeness (QED) is 0.563. The van der Waals surface area contributed by atoms with Gasteiger partial charge in [-0.05, 0) is 41.8 Å². The first-order valence-electron chi connectivity index (χ1n) is 9.08. The molecule has 1 unspecified atom stereocenters. The first-order chi connectivity index (χ1) is 13.5. The maximum Gasteiger partial charge on any atom is 0.261 e. The Morgan fingerprint density at radius 1 is 1.04 bits per heavy atom. The molecule has 0 aliphatic heterocycles.